The van der Waals surface area contributed by atoms with E-state index in [-0.39, 0.29) is 12.1 Å². The van der Waals surface area contributed by atoms with Gasteiger partial charge in [0.05, 0.1) is 31.5 Å². The maximum Gasteiger partial charge on any atom is 0.203 e. The van der Waals surface area contributed by atoms with E-state index in [1.807, 2.05) is 24.3 Å². The second-order valence-corrected chi connectivity index (χ2v) is 7.22. The molecule has 0 spiro atoms. The summed E-state index contributed by atoms with van der Waals surface area (Å²) in [6, 6.07) is 10.9. The Balaban J connectivity index is 2.25. The second-order valence-electron chi connectivity index (χ2n) is 6.19. The number of azide groups is 1. The molecule has 2 aromatic carbocycles. The zero-order valence-electron chi connectivity index (χ0n) is 16.2. The Morgan fingerprint density at radius 3 is 2.41 bits per heavy atom. The second kappa shape index (κ2) is 8.40. The highest BCUT2D eigenvalue weighted by Crippen LogP contribution is 2.46. The van der Waals surface area contributed by atoms with Gasteiger partial charge in [-0.3, -0.25) is 0 Å². The Hall–Kier alpha value is -3.26. The summed E-state index contributed by atoms with van der Waals surface area (Å²) in [5.74, 6) is 1.17. The molecule has 0 aliphatic rings. The molecule has 150 valence electrons. The van der Waals surface area contributed by atoms with Gasteiger partial charge in [-0.1, -0.05) is 23.8 Å². The molecule has 3 rings (SSSR count). The van der Waals surface area contributed by atoms with Crippen LogP contribution in [0.1, 0.15) is 17.0 Å². The maximum atomic E-state index is 11.8. The number of hydrogen-bond donors (Lipinski definition) is 1. The summed E-state index contributed by atoms with van der Waals surface area (Å²) in [7, 11) is 4.50. The van der Waals surface area contributed by atoms with Crippen LogP contribution in [-0.2, 0) is 5.60 Å². The quantitative estimate of drug-likeness (QED) is 0.325. The van der Waals surface area contributed by atoms with Gasteiger partial charge in [-0.2, -0.15) is 0 Å². The molecular formula is C20H20N4O4S. The predicted octanol–water partition coefficient (Wildman–Crippen LogP) is 4.77. The van der Waals surface area contributed by atoms with Crippen LogP contribution in [0.5, 0.6) is 17.2 Å². The van der Waals surface area contributed by atoms with E-state index >= 15 is 0 Å². The van der Waals surface area contributed by atoms with E-state index in [0.29, 0.717) is 27.8 Å². The topological polar surface area (TPSA) is 110 Å². The van der Waals surface area contributed by atoms with Crippen molar-refractivity contribution in [3.63, 3.8) is 0 Å². The molecule has 0 saturated carbocycles. The van der Waals surface area contributed by atoms with Crippen molar-refractivity contribution in [3.8, 4) is 17.2 Å². The number of nitrogens with zero attached hydrogens (tertiary/aromatic N) is 4. The van der Waals surface area contributed by atoms with E-state index in [2.05, 4.69) is 21.6 Å². The van der Waals surface area contributed by atoms with Crippen LogP contribution in [0.25, 0.3) is 20.7 Å². The standard InChI is InChI=1S/C20H20N4O4S/c1-12(23-24-21)11-20(25,19-22-14-7-5-6-8-17(14)29-19)13-9-15(26-2)18(28-4)16(10-13)27-3/h5-10,25H,1,11H2,2-4H3. The molecule has 1 aromatic heterocycles. The van der Waals surface area contributed by atoms with Crippen molar-refractivity contribution in [1.82, 2.24) is 4.98 Å². The van der Waals surface area contributed by atoms with Crippen molar-refractivity contribution in [2.45, 2.75) is 12.0 Å². The van der Waals surface area contributed by atoms with Gasteiger partial charge in [0, 0.05) is 17.0 Å². The lowest BCUT2D eigenvalue weighted by Gasteiger charge is -2.28. The summed E-state index contributed by atoms with van der Waals surface area (Å²) in [6.07, 6.45) is -0.0600. The van der Waals surface area contributed by atoms with Crippen molar-refractivity contribution in [3.05, 3.63) is 69.7 Å². The van der Waals surface area contributed by atoms with Gasteiger partial charge in [0.25, 0.3) is 0 Å². The van der Waals surface area contributed by atoms with Gasteiger partial charge >= 0.3 is 0 Å². The van der Waals surface area contributed by atoms with Crippen LogP contribution in [0.2, 0.25) is 0 Å². The molecule has 8 nitrogen and oxygen atoms in total. The molecule has 0 radical (unpaired) electrons. The minimum Gasteiger partial charge on any atom is -0.493 e. The van der Waals surface area contributed by atoms with Gasteiger partial charge < -0.3 is 19.3 Å². The van der Waals surface area contributed by atoms with E-state index in [9.17, 15) is 5.11 Å². The number of ether oxygens (including phenoxy) is 3. The Labute approximate surface area is 171 Å². The molecule has 1 unspecified atom stereocenters. The van der Waals surface area contributed by atoms with Gasteiger partial charge in [0.2, 0.25) is 5.75 Å². The normalized spacial score (nSPS) is 12.7. The Bertz CT molecular complexity index is 1050. The summed E-state index contributed by atoms with van der Waals surface area (Å²) >= 11 is 1.35. The molecule has 0 fully saturated rings. The van der Waals surface area contributed by atoms with Crippen molar-refractivity contribution in [2.75, 3.05) is 21.3 Å². The number of aromatic nitrogens is 1. The highest BCUT2D eigenvalue weighted by atomic mass is 32.1. The first-order valence-electron chi connectivity index (χ1n) is 8.58. The minimum absolute atomic E-state index is 0.0600. The number of methoxy groups -OCH3 is 3. The van der Waals surface area contributed by atoms with Crippen molar-refractivity contribution in [2.24, 2.45) is 5.11 Å². The average molecular weight is 412 g/mol. The van der Waals surface area contributed by atoms with Crippen molar-refractivity contribution < 1.29 is 19.3 Å². The fraction of sp³-hybridized carbons (Fsp3) is 0.250. The van der Waals surface area contributed by atoms with Gasteiger partial charge in [0.1, 0.15) is 10.6 Å². The number of aliphatic hydroxyl groups is 1. The number of benzene rings is 2. The number of thiazole rings is 1. The van der Waals surface area contributed by atoms with Gasteiger partial charge in [0.15, 0.2) is 11.5 Å². The third-order valence-electron chi connectivity index (χ3n) is 4.44. The van der Waals surface area contributed by atoms with Crippen LogP contribution in [0, 0.1) is 0 Å². The SMILES string of the molecule is C=C(CC(O)(c1cc(OC)c(OC)c(OC)c1)c1nc2ccccc2s1)N=[N+]=[N-]. The summed E-state index contributed by atoms with van der Waals surface area (Å²) < 4.78 is 17.1. The third-order valence-corrected chi connectivity index (χ3v) is 5.62. The van der Waals surface area contributed by atoms with Crippen LogP contribution < -0.4 is 14.2 Å². The summed E-state index contributed by atoms with van der Waals surface area (Å²) in [5, 5.41) is 15.8. The first-order chi connectivity index (χ1) is 14.0. The molecule has 3 aromatic rings. The summed E-state index contributed by atoms with van der Waals surface area (Å²) in [6.45, 7) is 3.76. The van der Waals surface area contributed by atoms with Gasteiger partial charge in [-0.25, -0.2) is 4.98 Å². The highest BCUT2D eigenvalue weighted by molar-refractivity contribution is 7.18. The van der Waals surface area contributed by atoms with E-state index in [1.165, 1.54) is 32.7 Å². The average Bonchev–Trinajstić information content (AvgIpc) is 3.17. The first kappa shape index (κ1) is 20.5. The van der Waals surface area contributed by atoms with Crippen LogP contribution in [0.4, 0.5) is 0 Å². The van der Waals surface area contributed by atoms with Crippen LogP contribution >= 0.6 is 11.3 Å². The molecule has 1 atom stereocenters. The minimum atomic E-state index is -1.62. The molecule has 1 N–H and O–H groups in total. The Kier molecular flexibility index (Phi) is 5.93. The molecule has 0 bridgehead atoms. The lowest BCUT2D eigenvalue weighted by atomic mass is 9.89. The molecule has 1 heterocycles. The largest absolute Gasteiger partial charge is 0.493 e. The monoisotopic (exact) mass is 412 g/mol. The summed E-state index contributed by atoms with van der Waals surface area (Å²) in [4.78, 5) is 7.38. The fourth-order valence-corrected chi connectivity index (χ4v) is 4.14. The van der Waals surface area contributed by atoms with E-state index in [4.69, 9.17) is 19.7 Å². The molecule has 29 heavy (non-hydrogen) atoms. The Morgan fingerprint density at radius 1 is 1.21 bits per heavy atom. The van der Waals surface area contributed by atoms with Gasteiger partial charge in [-0.05, 0) is 35.4 Å². The number of fused-ring (bicyclic) bond motifs is 1. The van der Waals surface area contributed by atoms with Gasteiger partial charge in [-0.15, -0.1) is 11.3 Å². The lowest BCUT2D eigenvalue weighted by Crippen LogP contribution is -2.27. The Morgan fingerprint density at radius 2 is 1.86 bits per heavy atom. The third kappa shape index (κ3) is 3.84. The zero-order chi connectivity index (χ0) is 21.0. The smallest absolute Gasteiger partial charge is 0.203 e. The molecule has 9 heteroatoms. The van der Waals surface area contributed by atoms with E-state index < -0.39 is 5.60 Å². The molecule has 0 saturated heterocycles. The lowest BCUT2D eigenvalue weighted by molar-refractivity contribution is 0.0801. The number of hydrogen-bond acceptors (Lipinski definition) is 7. The van der Waals surface area contributed by atoms with E-state index in [1.54, 1.807) is 12.1 Å². The first-order valence-corrected chi connectivity index (χ1v) is 9.40. The molecule has 0 aliphatic carbocycles. The maximum absolute atomic E-state index is 11.8. The zero-order valence-corrected chi connectivity index (χ0v) is 17.1. The molecule has 0 aliphatic heterocycles. The number of para-hydroxylation sites is 1. The number of rotatable bonds is 8. The van der Waals surface area contributed by atoms with Crippen LogP contribution in [0.3, 0.4) is 0 Å². The molecule has 0 amide bonds. The molecular weight excluding hydrogens is 392 g/mol. The predicted molar refractivity (Wildman–Crippen MR) is 112 cm³/mol. The van der Waals surface area contributed by atoms with Crippen molar-refractivity contribution >= 4 is 21.6 Å². The fourth-order valence-electron chi connectivity index (χ4n) is 3.06. The summed E-state index contributed by atoms with van der Waals surface area (Å²) in [5.41, 5.74) is 8.52. The van der Waals surface area contributed by atoms with Crippen LogP contribution in [-0.4, -0.2) is 31.4 Å². The highest BCUT2D eigenvalue weighted by Gasteiger charge is 2.37. The van der Waals surface area contributed by atoms with Crippen molar-refractivity contribution in [1.29, 1.82) is 0 Å². The van der Waals surface area contributed by atoms with E-state index in [0.717, 1.165) is 10.2 Å². The van der Waals surface area contributed by atoms with Crippen LogP contribution in [0.15, 0.2) is 53.8 Å².